The van der Waals surface area contributed by atoms with Crippen molar-refractivity contribution in [1.82, 2.24) is 0 Å². The summed E-state index contributed by atoms with van der Waals surface area (Å²) in [4.78, 5) is 11.0. The van der Waals surface area contributed by atoms with Crippen LogP contribution in [-0.4, -0.2) is 5.78 Å². The Balaban J connectivity index is 2.67. The van der Waals surface area contributed by atoms with Gasteiger partial charge in [-0.25, -0.2) is 0 Å². The van der Waals surface area contributed by atoms with E-state index in [-0.39, 0.29) is 5.78 Å². The van der Waals surface area contributed by atoms with E-state index in [1.54, 1.807) is 6.92 Å². The molecule has 0 N–H and O–H groups in total. The van der Waals surface area contributed by atoms with Crippen LogP contribution in [0.5, 0.6) is 0 Å². The lowest BCUT2D eigenvalue weighted by atomic mass is 9.94. The largest absolute Gasteiger partial charge is 0.300 e. The predicted molar refractivity (Wildman–Crippen MR) is 64.1 cm³/mol. The summed E-state index contributed by atoms with van der Waals surface area (Å²) in [7, 11) is 0. The van der Waals surface area contributed by atoms with E-state index >= 15 is 0 Å². The topological polar surface area (TPSA) is 17.1 Å². The van der Waals surface area contributed by atoms with E-state index in [0.29, 0.717) is 12.3 Å². The molecule has 0 bridgehead atoms. The molecule has 0 aliphatic heterocycles. The lowest BCUT2D eigenvalue weighted by Crippen LogP contribution is -2.05. The van der Waals surface area contributed by atoms with Crippen molar-refractivity contribution in [3.63, 3.8) is 0 Å². The SMILES string of the molecule is CC(=O)CC(C)Cc1cc(C)cc(C)c1. The van der Waals surface area contributed by atoms with Crippen molar-refractivity contribution in [3.05, 3.63) is 34.9 Å². The molecular formula is C14H20O. The van der Waals surface area contributed by atoms with E-state index < -0.39 is 0 Å². The molecule has 1 aromatic rings. The smallest absolute Gasteiger partial charge is 0.130 e. The third kappa shape index (κ3) is 4.28. The fourth-order valence-electron chi connectivity index (χ4n) is 2.15. The van der Waals surface area contributed by atoms with Gasteiger partial charge in [0.2, 0.25) is 0 Å². The molecule has 0 fully saturated rings. The van der Waals surface area contributed by atoms with Crippen LogP contribution in [-0.2, 0) is 11.2 Å². The third-order valence-electron chi connectivity index (χ3n) is 2.50. The molecule has 0 amide bonds. The summed E-state index contributed by atoms with van der Waals surface area (Å²) in [6.45, 7) is 8.04. The highest BCUT2D eigenvalue weighted by molar-refractivity contribution is 5.75. The maximum atomic E-state index is 11.0. The fourth-order valence-corrected chi connectivity index (χ4v) is 2.15. The summed E-state index contributed by atoms with van der Waals surface area (Å²) in [5, 5.41) is 0. The molecule has 1 unspecified atom stereocenters. The first kappa shape index (κ1) is 12.0. The number of Topliss-reactive ketones (excluding diaryl/α,β-unsaturated/α-hetero) is 1. The molecular weight excluding hydrogens is 184 g/mol. The van der Waals surface area contributed by atoms with Gasteiger partial charge >= 0.3 is 0 Å². The number of ketones is 1. The van der Waals surface area contributed by atoms with Gasteiger partial charge in [0.1, 0.15) is 5.78 Å². The van der Waals surface area contributed by atoms with E-state index in [1.165, 1.54) is 16.7 Å². The highest BCUT2D eigenvalue weighted by Gasteiger charge is 2.07. The summed E-state index contributed by atoms with van der Waals surface area (Å²) >= 11 is 0. The van der Waals surface area contributed by atoms with Gasteiger partial charge in [-0.05, 0) is 38.7 Å². The zero-order valence-electron chi connectivity index (χ0n) is 10.1. The Bertz CT molecular complexity index is 332. The summed E-state index contributed by atoms with van der Waals surface area (Å²) in [5.74, 6) is 0.732. The highest BCUT2D eigenvalue weighted by Crippen LogP contribution is 2.15. The van der Waals surface area contributed by atoms with Crippen LogP contribution in [0.25, 0.3) is 0 Å². The summed E-state index contributed by atoms with van der Waals surface area (Å²) in [5.41, 5.74) is 3.96. The van der Waals surface area contributed by atoms with Gasteiger partial charge in [0.25, 0.3) is 0 Å². The normalized spacial score (nSPS) is 12.5. The number of hydrogen-bond acceptors (Lipinski definition) is 1. The molecule has 1 atom stereocenters. The van der Waals surface area contributed by atoms with Crippen LogP contribution in [0.15, 0.2) is 18.2 Å². The fraction of sp³-hybridized carbons (Fsp3) is 0.500. The predicted octanol–water partition coefficient (Wildman–Crippen LogP) is 3.46. The molecule has 15 heavy (non-hydrogen) atoms. The number of carbonyl (C=O) groups is 1. The lowest BCUT2D eigenvalue weighted by Gasteiger charge is -2.10. The quantitative estimate of drug-likeness (QED) is 0.734. The molecule has 1 nitrogen and oxygen atoms in total. The van der Waals surface area contributed by atoms with Crippen LogP contribution in [0.3, 0.4) is 0 Å². The summed E-state index contributed by atoms with van der Waals surface area (Å²) in [6, 6.07) is 6.60. The molecule has 0 aromatic heterocycles. The van der Waals surface area contributed by atoms with E-state index in [4.69, 9.17) is 0 Å². The minimum Gasteiger partial charge on any atom is -0.300 e. The Kier molecular flexibility index (Phi) is 4.07. The second-order valence-corrected chi connectivity index (χ2v) is 4.71. The van der Waals surface area contributed by atoms with E-state index in [1.807, 2.05) is 0 Å². The van der Waals surface area contributed by atoms with Crippen LogP contribution in [0.2, 0.25) is 0 Å². The van der Waals surface area contributed by atoms with Gasteiger partial charge in [-0.3, -0.25) is 0 Å². The molecule has 0 heterocycles. The molecule has 0 spiro atoms. The van der Waals surface area contributed by atoms with Crippen LogP contribution < -0.4 is 0 Å². The Morgan fingerprint density at radius 3 is 2.20 bits per heavy atom. The third-order valence-corrected chi connectivity index (χ3v) is 2.50. The number of hydrogen-bond donors (Lipinski definition) is 0. The maximum Gasteiger partial charge on any atom is 0.130 e. The zero-order chi connectivity index (χ0) is 11.4. The van der Waals surface area contributed by atoms with Crippen LogP contribution in [0.1, 0.15) is 37.0 Å². The molecule has 0 saturated carbocycles. The van der Waals surface area contributed by atoms with Crippen molar-refractivity contribution in [2.45, 2.75) is 40.5 Å². The number of carbonyl (C=O) groups excluding carboxylic acids is 1. The molecule has 1 rings (SSSR count). The average molecular weight is 204 g/mol. The molecule has 82 valence electrons. The lowest BCUT2D eigenvalue weighted by molar-refractivity contribution is -0.117. The Hall–Kier alpha value is -1.11. The van der Waals surface area contributed by atoms with Crippen LogP contribution >= 0.6 is 0 Å². The first-order chi connectivity index (χ1) is 6.97. The first-order valence-electron chi connectivity index (χ1n) is 5.54. The van der Waals surface area contributed by atoms with Gasteiger partial charge in [0, 0.05) is 6.42 Å². The van der Waals surface area contributed by atoms with Crippen LogP contribution in [0, 0.1) is 19.8 Å². The van der Waals surface area contributed by atoms with Crippen molar-refractivity contribution in [3.8, 4) is 0 Å². The second-order valence-electron chi connectivity index (χ2n) is 4.71. The van der Waals surface area contributed by atoms with Crippen molar-refractivity contribution >= 4 is 5.78 Å². The number of aryl methyl sites for hydroxylation is 2. The molecule has 1 heteroatoms. The summed E-state index contributed by atoms with van der Waals surface area (Å²) < 4.78 is 0. The van der Waals surface area contributed by atoms with Gasteiger partial charge < -0.3 is 4.79 Å². The standard InChI is InChI=1S/C14H20O/c1-10-5-11(2)8-14(7-10)9-12(3)6-13(4)15/h5,7-8,12H,6,9H2,1-4H3. The van der Waals surface area contributed by atoms with Crippen molar-refractivity contribution < 1.29 is 4.79 Å². The van der Waals surface area contributed by atoms with Crippen molar-refractivity contribution in [1.29, 1.82) is 0 Å². The maximum absolute atomic E-state index is 11.0. The molecule has 1 aromatic carbocycles. The van der Waals surface area contributed by atoms with Crippen molar-refractivity contribution in [2.24, 2.45) is 5.92 Å². The van der Waals surface area contributed by atoms with Gasteiger partial charge in [-0.2, -0.15) is 0 Å². The second kappa shape index (κ2) is 5.11. The van der Waals surface area contributed by atoms with Crippen LogP contribution in [0.4, 0.5) is 0 Å². The monoisotopic (exact) mass is 204 g/mol. The number of benzene rings is 1. The molecule has 0 saturated heterocycles. The first-order valence-corrected chi connectivity index (χ1v) is 5.54. The number of rotatable bonds is 4. The van der Waals surface area contributed by atoms with Gasteiger partial charge in [0.05, 0.1) is 0 Å². The van der Waals surface area contributed by atoms with E-state index in [0.717, 1.165) is 6.42 Å². The van der Waals surface area contributed by atoms with E-state index in [2.05, 4.69) is 39.0 Å². The Labute approximate surface area is 92.5 Å². The van der Waals surface area contributed by atoms with E-state index in [9.17, 15) is 4.79 Å². The highest BCUT2D eigenvalue weighted by atomic mass is 16.1. The Morgan fingerprint density at radius 1 is 1.20 bits per heavy atom. The minimum absolute atomic E-state index is 0.284. The van der Waals surface area contributed by atoms with Gasteiger partial charge in [-0.1, -0.05) is 36.2 Å². The molecule has 0 radical (unpaired) electrons. The molecule has 0 aliphatic carbocycles. The van der Waals surface area contributed by atoms with Gasteiger partial charge in [-0.15, -0.1) is 0 Å². The minimum atomic E-state index is 0.284. The average Bonchev–Trinajstić information content (AvgIpc) is 1.98. The zero-order valence-corrected chi connectivity index (χ0v) is 10.1. The van der Waals surface area contributed by atoms with Crippen molar-refractivity contribution in [2.75, 3.05) is 0 Å². The molecule has 0 aliphatic rings. The summed E-state index contributed by atoms with van der Waals surface area (Å²) in [6.07, 6.45) is 1.69. The van der Waals surface area contributed by atoms with Gasteiger partial charge in [0.15, 0.2) is 0 Å². The Morgan fingerprint density at radius 2 is 1.73 bits per heavy atom.